The molecular weight excluding hydrogens is 624 g/mol. The van der Waals surface area contributed by atoms with Crippen LogP contribution in [0.2, 0.25) is 0 Å². The standard InChI is InChI=1S/C37H38N6O6/c1-24(2)30(31(45)33-40-41-35(49-33)37(3,4)27-19-13-8-14-20-27)39-29(44)22-43-32(26-17-11-7-12-18-26)38-21-28(34(43)46)42(5)36(47)48-23-25-15-9-6-10-16-25/h6-21,24,30H,22-23H2,1-5H3,(H,39,44)/t30-/m0/s1. The summed E-state index contributed by atoms with van der Waals surface area (Å²) in [6, 6.07) is 26.5. The molecule has 0 bridgehead atoms. The Kier molecular flexibility index (Phi) is 10.5. The zero-order valence-electron chi connectivity index (χ0n) is 28.0. The topological polar surface area (TPSA) is 150 Å². The zero-order valence-corrected chi connectivity index (χ0v) is 28.0. The quantitative estimate of drug-likeness (QED) is 0.173. The van der Waals surface area contributed by atoms with Gasteiger partial charge in [0.25, 0.3) is 11.4 Å². The second-order valence-electron chi connectivity index (χ2n) is 12.4. The summed E-state index contributed by atoms with van der Waals surface area (Å²) < 4.78 is 12.4. The Hall–Kier alpha value is -5.91. The van der Waals surface area contributed by atoms with Crippen LogP contribution in [0.15, 0.2) is 106 Å². The Morgan fingerprint density at radius 2 is 1.53 bits per heavy atom. The predicted octanol–water partition coefficient (Wildman–Crippen LogP) is 5.42. The van der Waals surface area contributed by atoms with E-state index in [2.05, 4.69) is 20.5 Å². The van der Waals surface area contributed by atoms with Crippen molar-refractivity contribution >= 4 is 23.5 Å². The van der Waals surface area contributed by atoms with Gasteiger partial charge in [-0.1, -0.05) is 105 Å². The lowest BCUT2D eigenvalue weighted by atomic mass is 9.85. The van der Waals surface area contributed by atoms with Crippen molar-refractivity contribution in [3.8, 4) is 11.4 Å². The maximum absolute atomic E-state index is 13.9. The number of hydrogen-bond acceptors (Lipinski definition) is 9. The average Bonchev–Trinajstić information content (AvgIpc) is 3.62. The van der Waals surface area contributed by atoms with E-state index in [4.69, 9.17) is 9.15 Å². The van der Waals surface area contributed by atoms with Crippen LogP contribution in [-0.2, 0) is 28.1 Å². The number of ketones is 1. The Balaban J connectivity index is 1.38. The molecule has 0 aliphatic rings. The van der Waals surface area contributed by atoms with E-state index < -0.39 is 41.3 Å². The number of anilines is 1. The van der Waals surface area contributed by atoms with Gasteiger partial charge in [-0.3, -0.25) is 23.9 Å². The van der Waals surface area contributed by atoms with Gasteiger partial charge in [-0.05, 0) is 30.9 Å². The van der Waals surface area contributed by atoms with Gasteiger partial charge in [0.1, 0.15) is 24.7 Å². The third-order valence-corrected chi connectivity index (χ3v) is 8.13. The lowest BCUT2D eigenvalue weighted by molar-refractivity contribution is -0.122. The number of Topliss-reactive ketones (excluding diaryl/α,β-unsaturated/α-hetero) is 1. The molecule has 2 aromatic heterocycles. The van der Waals surface area contributed by atoms with Crippen LogP contribution >= 0.6 is 0 Å². The summed E-state index contributed by atoms with van der Waals surface area (Å²) in [4.78, 5) is 59.6. The van der Waals surface area contributed by atoms with Crippen LogP contribution in [0.25, 0.3) is 11.4 Å². The van der Waals surface area contributed by atoms with E-state index in [1.54, 1.807) is 38.1 Å². The second kappa shape index (κ2) is 14.9. The number of aromatic nitrogens is 4. The molecule has 0 saturated heterocycles. The van der Waals surface area contributed by atoms with Crippen LogP contribution in [0.5, 0.6) is 0 Å². The van der Waals surface area contributed by atoms with Crippen molar-refractivity contribution in [2.45, 2.75) is 52.3 Å². The lowest BCUT2D eigenvalue weighted by Crippen LogP contribution is -2.47. The molecule has 1 atom stereocenters. The summed E-state index contributed by atoms with van der Waals surface area (Å²) in [5.41, 5.74) is 0.863. The van der Waals surface area contributed by atoms with Crippen LogP contribution < -0.4 is 15.8 Å². The van der Waals surface area contributed by atoms with Gasteiger partial charge in [0.2, 0.25) is 17.6 Å². The molecule has 0 fully saturated rings. The molecular formula is C37H38N6O6. The molecule has 12 heteroatoms. The van der Waals surface area contributed by atoms with Crippen LogP contribution in [0.4, 0.5) is 10.5 Å². The second-order valence-corrected chi connectivity index (χ2v) is 12.4. The van der Waals surface area contributed by atoms with Crippen molar-refractivity contribution in [2.75, 3.05) is 11.9 Å². The summed E-state index contributed by atoms with van der Waals surface area (Å²) in [5, 5.41) is 10.9. The van der Waals surface area contributed by atoms with Gasteiger partial charge in [0, 0.05) is 12.6 Å². The number of rotatable bonds is 12. The first-order valence-electron chi connectivity index (χ1n) is 15.8. The molecule has 5 aromatic rings. The van der Waals surface area contributed by atoms with Gasteiger partial charge in [0.05, 0.1) is 17.7 Å². The van der Waals surface area contributed by atoms with Crippen molar-refractivity contribution < 1.29 is 23.5 Å². The number of ether oxygens (including phenoxy) is 1. The minimum Gasteiger partial charge on any atom is -0.444 e. The molecule has 49 heavy (non-hydrogen) atoms. The van der Waals surface area contributed by atoms with Crippen molar-refractivity contribution in [1.82, 2.24) is 25.1 Å². The van der Waals surface area contributed by atoms with Crippen molar-refractivity contribution in [3.63, 3.8) is 0 Å². The Labute approximate surface area is 283 Å². The van der Waals surface area contributed by atoms with Crippen LogP contribution in [0.1, 0.15) is 55.4 Å². The Bertz CT molecular complexity index is 1970. The minimum absolute atomic E-state index is 0.00600. The van der Waals surface area contributed by atoms with Gasteiger partial charge in [-0.2, -0.15) is 0 Å². The molecule has 252 valence electrons. The van der Waals surface area contributed by atoms with Crippen molar-refractivity contribution in [1.29, 1.82) is 0 Å². The van der Waals surface area contributed by atoms with Crippen molar-refractivity contribution in [2.24, 2.45) is 5.92 Å². The number of hydrogen-bond donors (Lipinski definition) is 1. The van der Waals surface area contributed by atoms with Gasteiger partial charge in [0.15, 0.2) is 0 Å². The normalized spacial score (nSPS) is 12.0. The number of nitrogens with one attached hydrogen (secondary N) is 1. The van der Waals surface area contributed by atoms with E-state index in [1.165, 1.54) is 13.2 Å². The molecule has 0 saturated carbocycles. The van der Waals surface area contributed by atoms with Gasteiger partial charge >= 0.3 is 6.09 Å². The SMILES string of the molecule is CC(C)[C@H](NC(=O)Cn1c(-c2ccccc2)ncc(N(C)C(=O)OCc2ccccc2)c1=O)C(=O)c1nnc(C(C)(C)c2ccccc2)o1. The van der Waals surface area contributed by atoms with Gasteiger partial charge in [-0.15, -0.1) is 10.2 Å². The summed E-state index contributed by atoms with van der Waals surface area (Å²) >= 11 is 0. The van der Waals surface area contributed by atoms with Gasteiger partial charge in [-0.25, -0.2) is 9.78 Å². The summed E-state index contributed by atoms with van der Waals surface area (Å²) in [6.07, 6.45) is 0.499. The number of benzene rings is 3. The van der Waals surface area contributed by atoms with E-state index in [-0.39, 0.29) is 35.8 Å². The maximum atomic E-state index is 13.9. The lowest BCUT2D eigenvalue weighted by Gasteiger charge is -2.22. The third-order valence-electron chi connectivity index (χ3n) is 8.13. The predicted molar refractivity (Wildman–Crippen MR) is 183 cm³/mol. The largest absolute Gasteiger partial charge is 0.444 e. The first-order valence-corrected chi connectivity index (χ1v) is 15.8. The molecule has 0 spiro atoms. The molecule has 1 N–H and O–H groups in total. The van der Waals surface area contributed by atoms with E-state index in [0.717, 1.165) is 20.6 Å². The Morgan fingerprint density at radius 3 is 2.16 bits per heavy atom. The molecule has 3 aromatic carbocycles. The number of carbonyl (C=O) groups excluding carboxylic acids is 3. The highest BCUT2D eigenvalue weighted by Gasteiger charge is 2.34. The molecule has 12 nitrogen and oxygen atoms in total. The number of carbonyl (C=O) groups is 3. The third kappa shape index (κ3) is 7.81. The summed E-state index contributed by atoms with van der Waals surface area (Å²) in [6.45, 7) is 6.88. The average molecular weight is 663 g/mol. The van der Waals surface area contributed by atoms with Crippen molar-refractivity contribution in [3.05, 3.63) is 130 Å². The smallest absolute Gasteiger partial charge is 0.414 e. The molecule has 0 radical (unpaired) electrons. The summed E-state index contributed by atoms with van der Waals surface area (Å²) in [7, 11) is 1.39. The molecule has 2 heterocycles. The molecule has 5 rings (SSSR count). The van der Waals surface area contributed by atoms with Crippen LogP contribution in [-0.4, -0.2) is 50.6 Å². The maximum Gasteiger partial charge on any atom is 0.414 e. The van der Waals surface area contributed by atoms with Crippen LogP contribution in [0.3, 0.4) is 0 Å². The highest BCUT2D eigenvalue weighted by molar-refractivity contribution is 5.98. The van der Waals surface area contributed by atoms with Gasteiger partial charge < -0.3 is 14.5 Å². The zero-order chi connectivity index (χ0) is 35.1. The van der Waals surface area contributed by atoms with E-state index in [1.807, 2.05) is 80.6 Å². The molecule has 0 aliphatic heterocycles. The molecule has 2 amide bonds. The van der Waals surface area contributed by atoms with E-state index in [9.17, 15) is 19.2 Å². The first kappa shape index (κ1) is 34.4. The highest BCUT2D eigenvalue weighted by atomic mass is 16.6. The molecule has 0 unspecified atom stereocenters. The van der Waals surface area contributed by atoms with E-state index >= 15 is 0 Å². The number of nitrogens with zero attached hydrogens (tertiary/aromatic N) is 5. The molecule has 0 aliphatic carbocycles. The fraction of sp³-hybridized carbons (Fsp3) is 0.270. The fourth-order valence-electron chi connectivity index (χ4n) is 5.17. The summed E-state index contributed by atoms with van der Waals surface area (Å²) in [5.74, 6) is -1.34. The highest BCUT2D eigenvalue weighted by Crippen LogP contribution is 2.30. The number of amides is 2. The first-order chi connectivity index (χ1) is 23.5. The monoisotopic (exact) mass is 662 g/mol. The minimum atomic E-state index is -1.04. The Morgan fingerprint density at radius 1 is 0.918 bits per heavy atom. The fourth-order valence-corrected chi connectivity index (χ4v) is 5.17. The van der Waals surface area contributed by atoms with Crippen LogP contribution in [0, 0.1) is 5.92 Å². The van der Waals surface area contributed by atoms with E-state index in [0.29, 0.717) is 5.56 Å².